The summed E-state index contributed by atoms with van der Waals surface area (Å²) in [6, 6.07) is 5.64. The summed E-state index contributed by atoms with van der Waals surface area (Å²) in [6.07, 6.45) is 1.84. The van der Waals surface area contributed by atoms with Crippen molar-refractivity contribution in [3.63, 3.8) is 0 Å². The number of nitrogens with one attached hydrogen (secondary N) is 2. The molecule has 0 aliphatic carbocycles. The summed E-state index contributed by atoms with van der Waals surface area (Å²) < 4.78 is 0. The molecule has 4 nitrogen and oxygen atoms in total. The molecule has 0 saturated carbocycles. The standard InChI is InChI=1S/C13H15N3OS/c1-9-3-4-10(13(17)14-2)5-12(9)16-7-11-6-15-8-18-11/h3-6,8,16H,7H2,1-2H3,(H,14,17). The SMILES string of the molecule is CNC(=O)c1ccc(C)c(NCc2cncs2)c1. The Labute approximate surface area is 110 Å². The Morgan fingerprint density at radius 3 is 2.94 bits per heavy atom. The Hall–Kier alpha value is -1.88. The van der Waals surface area contributed by atoms with Crippen molar-refractivity contribution in [1.29, 1.82) is 0 Å². The maximum atomic E-state index is 11.6. The minimum Gasteiger partial charge on any atom is -0.380 e. The predicted molar refractivity (Wildman–Crippen MR) is 74.0 cm³/mol. The van der Waals surface area contributed by atoms with Gasteiger partial charge in [-0.05, 0) is 24.6 Å². The normalized spacial score (nSPS) is 10.1. The molecule has 1 aromatic carbocycles. The fourth-order valence-corrected chi connectivity index (χ4v) is 2.14. The summed E-state index contributed by atoms with van der Waals surface area (Å²) in [5.74, 6) is -0.0733. The number of aryl methyl sites for hydroxylation is 1. The molecule has 1 amide bonds. The summed E-state index contributed by atoms with van der Waals surface area (Å²) in [4.78, 5) is 16.8. The van der Waals surface area contributed by atoms with Crippen molar-refractivity contribution in [1.82, 2.24) is 10.3 Å². The minimum absolute atomic E-state index is 0.0733. The van der Waals surface area contributed by atoms with Crippen LogP contribution in [-0.2, 0) is 6.54 Å². The van der Waals surface area contributed by atoms with Crippen LogP contribution in [-0.4, -0.2) is 17.9 Å². The Bertz CT molecular complexity index is 537. The molecule has 1 aromatic heterocycles. The van der Waals surface area contributed by atoms with Crippen molar-refractivity contribution in [3.05, 3.63) is 45.9 Å². The van der Waals surface area contributed by atoms with Crippen LogP contribution in [0, 0.1) is 6.92 Å². The molecule has 5 heteroatoms. The van der Waals surface area contributed by atoms with Gasteiger partial charge in [-0.2, -0.15) is 0 Å². The van der Waals surface area contributed by atoms with Gasteiger partial charge in [0, 0.05) is 29.4 Å². The summed E-state index contributed by atoms with van der Waals surface area (Å²) in [7, 11) is 1.63. The number of aromatic nitrogens is 1. The number of hydrogen-bond donors (Lipinski definition) is 2. The lowest BCUT2D eigenvalue weighted by Crippen LogP contribution is -2.18. The van der Waals surface area contributed by atoms with E-state index in [0.717, 1.165) is 17.8 Å². The Morgan fingerprint density at radius 1 is 1.44 bits per heavy atom. The Morgan fingerprint density at radius 2 is 2.28 bits per heavy atom. The van der Waals surface area contributed by atoms with E-state index in [1.807, 2.05) is 36.8 Å². The molecule has 0 bridgehead atoms. The molecule has 2 aromatic rings. The van der Waals surface area contributed by atoms with Gasteiger partial charge < -0.3 is 10.6 Å². The van der Waals surface area contributed by atoms with Crippen molar-refractivity contribution in [2.24, 2.45) is 0 Å². The van der Waals surface area contributed by atoms with Crippen molar-refractivity contribution in [2.75, 3.05) is 12.4 Å². The van der Waals surface area contributed by atoms with Gasteiger partial charge in [-0.3, -0.25) is 9.78 Å². The van der Waals surface area contributed by atoms with Crippen LogP contribution in [0.5, 0.6) is 0 Å². The second kappa shape index (κ2) is 5.64. The summed E-state index contributed by atoms with van der Waals surface area (Å²) in [5, 5.41) is 5.95. The van der Waals surface area contributed by atoms with E-state index in [9.17, 15) is 4.79 Å². The highest BCUT2D eigenvalue weighted by molar-refractivity contribution is 7.09. The Kier molecular flexibility index (Phi) is 3.94. The van der Waals surface area contributed by atoms with Crippen LogP contribution in [0.15, 0.2) is 29.9 Å². The van der Waals surface area contributed by atoms with Gasteiger partial charge in [0.1, 0.15) is 0 Å². The molecular weight excluding hydrogens is 246 g/mol. The first-order valence-corrected chi connectivity index (χ1v) is 6.52. The number of anilines is 1. The van der Waals surface area contributed by atoms with Crippen LogP contribution in [0.2, 0.25) is 0 Å². The number of rotatable bonds is 4. The van der Waals surface area contributed by atoms with Gasteiger partial charge in [-0.15, -0.1) is 11.3 Å². The lowest BCUT2D eigenvalue weighted by atomic mass is 10.1. The molecule has 0 aliphatic heterocycles. The fourth-order valence-electron chi connectivity index (χ4n) is 1.61. The molecule has 0 saturated heterocycles. The third kappa shape index (κ3) is 2.87. The minimum atomic E-state index is -0.0733. The second-order valence-corrected chi connectivity index (χ2v) is 4.90. The molecule has 0 aliphatic rings. The van der Waals surface area contributed by atoms with Crippen LogP contribution in [0.1, 0.15) is 20.8 Å². The average molecular weight is 261 g/mol. The van der Waals surface area contributed by atoms with Crippen LogP contribution < -0.4 is 10.6 Å². The van der Waals surface area contributed by atoms with E-state index in [2.05, 4.69) is 15.6 Å². The highest BCUT2D eigenvalue weighted by Crippen LogP contribution is 2.18. The summed E-state index contributed by atoms with van der Waals surface area (Å²) in [5.41, 5.74) is 4.57. The van der Waals surface area contributed by atoms with Crippen molar-refractivity contribution in [3.8, 4) is 0 Å². The molecule has 0 spiro atoms. The number of thiazole rings is 1. The predicted octanol–water partition coefficient (Wildman–Crippen LogP) is 2.42. The van der Waals surface area contributed by atoms with Crippen LogP contribution in [0.3, 0.4) is 0 Å². The van der Waals surface area contributed by atoms with E-state index in [4.69, 9.17) is 0 Å². The lowest BCUT2D eigenvalue weighted by molar-refractivity contribution is 0.0963. The highest BCUT2D eigenvalue weighted by atomic mass is 32.1. The van der Waals surface area contributed by atoms with Crippen LogP contribution in [0.4, 0.5) is 5.69 Å². The van der Waals surface area contributed by atoms with Crippen molar-refractivity contribution in [2.45, 2.75) is 13.5 Å². The summed E-state index contributed by atoms with van der Waals surface area (Å²) >= 11 is 1.61. The Balaban J connectivity index is 2.13. The smallest absolute Gasteiger partial charge is 0.251 e. The molecule has 1 heterocycles. The van der Waals surface area contributed by atoms with Gasteiger partial charge in [0.2, 0.25) is 0 Å². The zero-order valence-electron chi connectivity index (χ0n) is 10.4. The third-order valence-electron chi connectivity index (χ3n) is 2.66. The number of amides is 1. The molecule has 94 valence electrons. The van der Waals surface area contributed by atoms with Gasteiger partial charge in [0.25, 0.3) is 5.91 Å². The zero-order valence-corrected chi connectivity index (χ0v) is 11.2. The lowest BCUT2D eigenvalue weighted by Gasteiger charge is -2.10. The van der Waals surface area contributed by atoms with Gasteiger partial charge >= 0.3 is 0 Å². The largest absolute Gasteiger partial charge is 0.380 e. The first-order valence-electron chi connectivity index (χ1n) is 5.64. The van der Waals surface area contributed by atoms with Gasteiger partial charge in [0.15, 0.2) is 0 Å². The monoisotopic (exact) mass is 261 g/mol. The zero-order chi connectivity index (χ0) is 13.0. The van der Waals surface area contributed by atoms with E-state index >= 15 is 0 Å². The molecule has 0 radical (unpaired) electrons. The number of nitrogens with zero attached hydrogens (tertiary/aromatic N) is 1. The second-order valence-electron chi connectivity index (χ2n) is 3.93. The topological polar surface area (TPSA) is 54.0 Å². The fraction of sp³-hybridized carbons (Fsp3) is 0.231. The average Bonchev–Trinajstić information content (AvgIpc) is 2.90. The number of hydrogen-bond acceptors (Lipinski definition) is 4. The van der Waals surface area contributed by atoms with E-state index in [1.165, 1.54) is 4.88 Å². The molecular formula is C13H15N3OS. The quantitative estimate of drug-likeness (QED) is 0.888. The van der Waals surface area contributed by atoms with Crippen molar-refractivity contribution < 1.29 is 4.79 Å². The van der Waals surface area contributed by atoms with E-state index in [1.54, 1.807) is 18.4 Å². The number of carbonyl (C=O) groups is 1. The van der Waals surface area contributed by atoms with Crippen LogP contribution >= 0.6 is 11.3 Å². The molecule has 18 heavy (non-hydrogen) atoms. The van der Waals surface area contributed by atoms with E-state index in [0.29, 0.717) is 5.56 Å². The molecule has 2 N–H and O–H groups in total. The number of carbonyl (C=O) groups excluding carboxylic acids is 1. The molecule has 0 fully saturated rings. The van der Waals surface area contributed by atoms with E-state index in [-0.39, 0.29) is 5.91 Å². The van der Waals surface area contributed by atoms with Gasteiger partial charge in [-0.25, -0.2) is 0 Å². The molecule has 0 atom stereocenters. The van der Waals surface area contributed by atoms with Gasteiger partial charge in [-0.1, -0.05) is 6.07 Å². The molecule has 2 rings (SSSR count). The maximum absolute atomic E-state index is 11.6. The summed E-state index contributed by atoms with van der Waals surface area (Å²) in [6.45, 7) is 2.74. The third-order valence-corrected chi connectivity index (χ3v) is 3.44. The first kappa shape index (κ1) is 12.6. The van der Waals surface area contributed by atoms with E-state index < -0.39 is 0 Å². The van der Waals surface area contributed by atoms with Gasteiger partial charge in [0.05, 0.1) is 12.1 Å². The number of benzene rings is 1. The molecule has 0 unspecified atom stereocenters. The highest BCUT2D eigenvalue weighted by Gasteiger charge is 2.06. The van der Waals surface area contributed by atoms with Crippen LogP contribution in [0.25, 0.3) is 0 Å². The van der Waals surface area contributed by atoms with Crippen molar-refractivity contribution >= 4 is 22.9 Å². The maximum Gasteiger partial charge on any atom is 0.251 e. The first-order chi connectivity index (χ1) is 8.70.